The first-order valence-electron chi connectivity index (χ1n) is 7.41. The SMILES string of the molecule is CN(C)P(N(C)C)N(C)COn1cc(C(=O)c2ccccc2)nn1. The number of ketones is 1. The van der Waals surface area contributed by atoms with Crippen LogP contribution in [0, 0.1) is 0 Å². The van der Waals surface area contributed by atoms with Crippen LogP contribution in [0.3, 0.4) is 0 Å². The summed E-state index contributed by atoms with van der Waals surface area (Å²) in [7, 11) is 9.43. The first-order valence-corrected chi connectivity index (χ1v) is 8.61. The van der Waals surface area contributed by atoms with Gasteiger partial charge in [0.25, 0.3) is 0 Å². The van der Waals surface area contributed by atoms with Crippen LogP contribution in [0.2, 0.25) is 0 Å². The van der Waals surface area contributed by atoms with Gasteiger partial charge in [0.05, 0.1) is 6.20 Å². The van der Waals surface area contributed by atoms with Gasteiger partial charge in [0.1, 0.15) is 8.37 Å². The number of hydrogen-bond acceptors (Lipinski definition) is 7. The van der Waals surface area contributed by atoms with Crippen LogP contribution in [0.1, 0.15) is 16.1 Å². The maximum absolute atomic E-state index is 12.3. The molecule has 2 rings (SSSR count). The van der Waals surface area contributed by atoms with Gasteiger partial charge in [0, 0.05) is 5.56 Å². The molecule has 130 valence electrons. The minimum atomic E-state index is -0.631. The normalized spacial score (nSPS) is 11.7. The maximum Gasteiger partial charge on any atom is 0.215 e. The standard InChI is InChI=1S/C15H23N6O2P/c1-18(2)24(19(3)4)20(5)12-23-21-11-14(16-17-21)15(22)13-9-7-6-8-10-13/h6-11H,12H2,1-5H3. The Balaban J connectivity index is 1.98. The van der Waals surface area contributed by atoms with E-state index < -0.39 is 8.37 Å². The van der Waals surface area contributed by atoms with Crippen molar-refractivity contribution in [1.29, 1.82) is 0 Å². The van der Waals surface area contributed by atoms with Crippen molar-refractivity contribution in [2.75, 3.05) is 42.0 Å². The van der Waals surface area contributed by atoms with Crippen molar-refractivity contribution in [2.24, 2.45) is 0 Å². The molecule has 0 bridgehead atoms. The molecule has 0 saturated heterocycles. The summed E-state index contributed by atoms with van der Waals surface area (Å²) < 4.78 is 6.32. The van der Waals surface area contributed by atoms with E-state index in [0.29, 0.717) is 12.3 Å². The van der Waals surface area contributed by atoms with Gasteiger partial charge in [-0.1, -0.05) is 35.2 Å². The average Bonchev–Trinajstić information content (AvgIpc) is 3.01. The lowest BCUT2D eigenvalue weighted by molar-refractivity contribution is 0.0361. The van der Waals surface area contributed by atoms with Gasteiger partial charge < -0.3 is 4.84 Å². The summed E-state index contributed by atoms with van der Waals surface area (Å²) in [5.74, 6) is -0.178. The number of hydrogen-bond donors (Lipinski definition) is 0. The molecule has 9 heteroatoms. The fourth-order valence-corrected chi connectivity index (χ4v) is 4.41. The number of rotatable bonds is 8. The van der Waals surface area contributed by atoms with Crippen LogP contribution >= 0.6 is 8.37 Å². The number of carbonyl (C=O) groups excluding carboxylic acids is 1. The summed E-state index contributed by atoms with van der Waals surface area (Å²) >= 11 is 0. The van der Waals surface area contributed by atoms with Crippen molar-refractivity contribution >= 4 is 14.2 Å². The zero-order valence-corrected chi connectivity index (χ0v) is 15.5. The molecule has 1 aromatic heterocycles. The second-order valence-electron chi connectivity index (χ2n) is 5.58. The first kappa shape index (κ1) is 18.5. The lowest BCUT2D eigenvalue weighted by Gasteiger charge is -2.36. The fourth-order valence-electron chi connectivity index (χ4n) is 2.32. The third-order valence-corrected chi connectivity index (χ3v) is 5.30. The van der Waals surface area contributed by atoms with E-state index in [1.807, 2.05) is 53.4 Å². The molecule has 0 fully saturated rings. The quantitative estimate of drug-likeness (QED) is 0.402. The number of carbonyl (C=O) groups is 1. The van der Waals surface area contributed by atoms with E-state index in [4.69, 9.17) is 4.84 Å². The van der Waals surface area contributed by atoms with E-state index in [9.17, 15) is 4.79 Å². The molecule has 2 aromatic rings. The summed E-state index contributed by atoms with van der Waals surface area (Å²) in [6.45, 7) is 0.324. The molecule has 0 aliphatic rings. The van der Waals surface area contributed by atoms with Crippen LogP contribution in [-0.4, -0.2) is 76.9 Å². The molecule has 24 heavy (non-hydrogen) atoms. The van der Waals surface area contributed by atoms with Gasteiger partial charge in [-0.05, 0) is 40.5 Å². The summed E-state index contributed by atoms with van der Waals surface area (Å²) in [5.41, 5.74) is 0.830. The van der Waals surface area contributed by atoms with E-state index >= 15 is 0 Å². The average molecular weight is 350 g/mol. The predicted octanol–water partition coefficient (Wildman–Crippen LogP) is 1.18. The first-order chi connectivity index (χ1) is 11.4. The van der Waals surface area contributed by atoms with Crippen molar-refractivity contribution in [2.45, 2.75) is 0 Å². The molecule has 0 saturated carbocycles. The smallest absolute Gasteiger partial charge is 0.215 e. The fraction of sp³-hybridized carbons (Fsp3) is 0.400. The van der Waals surface area contributed by atoms with Gasteiger partial charge in [0.2, 0.25) is 5.78 Å². The second kappa shape index (κ2) is 8.30. The predicted molar refractivity (Wildman–Crippen MR) is 93.4 cm³/mol. The van der Waals surface area contributed by atoms with Crippen LogP contribution in [0.4, 0.5) is 0 Å². The highest BCUT2D eigenvalue weighted by molar-refractivity contribution is 7.49. The maximum atomic E-state index is 12.3. The molecule has 8 nitrogen and oxygen atoms in total. The van der Waals surface area contributed by atoms with Gasteiger partial charge in [-0.3, -0.25) is 14.1 Å². The Labute approximate surface area is 143 Å². The van der Waals surface area contributed by atoms with Crippen LogP contribution in [-0.2, 0) is 0 Å². The van der Waals surface area contributed by atoms with Crippen molar-refractivity contribution in [3.05, 3.63) is 47.8 Å². The van der Waals surface area contributed by atoms with Crippen molar-refractivity contribution < 1.29 is 9.63 Å². The molecular formula is C15H23N6O2P. The lowest BCUT2D eigenvalue weighted by Crippen LogP contribution is -2.33. The van der Waals surface area contributed by atoms with E-state index in [2.05, 4.69) is 24.3 Å². The Bertz CT molecular complexity index is 653. The minimum absolute atomic E-state index is 0.178. The van der Waals surface area contributed by atoms with Crippen LogP contribution in [0.15, 0.2) is 36.5 Å². The summed E-state index contributed by atoms with van der Waals surface area (Å²) in [5, 5.41) is 7.75. The Hall–Kier alpha value is -1.86. The van der Waals surface area contributed by atoms with Crippen LogP contribution < -0.4 is 4.84 Å². The molecule has 0 spiro atoms. The molecule has 0 radical (unpaired) electrons. The molecule has 0 amide bonds. The molecular weight excluding hydrogens is 327 g/mol. The van der Waals surface area contributed by atoms with Gasteiger partial charge >= 0.3 is 0 Å². The zero-order chi connectivity index (χ0) is 17.7. The minimum Gasteiger partial charge on any atom is -0.379 e. The van der Waals surface area contributed by atoms with Gasteiger partial charge in [-0.15, -0.1) is 5.10 Å². The van der Waals surface area contributed by atoms with Crippen molar-refractivity contribution in [3.8, 4) is 0 Å². The molecule has 0 unspecified atom stereocenters. The molecule has 1 heterocycles. The Morgan fingerprint density at radius 2 is 1.75 bits per heavy atom. The largest absolute Gasteiger partial charge is 0.379 e. The Morgan fingerprint density at radius 1 is 1.12 bits per heavy atom. The van der Waals surface area contributed by atoms with Crippen LogP contribution in [0.5, 0.6) is 0 Å². The van der Waals surface area contributed by atoms with E-state index in [1.165, 1.54) is 11.0 Å². The van der Waals surface area contributed by atoms with Gasteiger partial charge in [-0.2, -0.15) is 0 Å². The van der Waals surface area contributed by atoms with Gasteiger partial charge in [0.15, 0.2) is 12.4 Å². The van der Waals surface area contributed by atoms with E-state index in [1.54, 1.807) is 12.1 Å². The highest BCUT2D eigenvalue weighted by Crippen LogP contribution is 2.41. The number of aromatic nitrogens is 3. The van der Waals surface area contributed by atoms with E-state index in [-0.39, 0.29) is 11.5 Å². The summed E-state index contributed by atoms with van der Waals surface area (Å²) in [6, 6.07) is 8.98. The molecule has 0 aliphatic heterocycles. The highest BCUT2D eigenvalue weighted by Gasteiger charge is 2.21. The van der Waals surface area contributed by atoms with Crippen LogP contribution in [0.25, 0.3) is 0 Å². The van der Waals surface area contributed by atoms with Crippen molar-refractivity contribution in [3.63, 3.8) is 0 Å². The van der Waals surface area contributed by atoms with Gasteiger partial charge in [-0.25, -0.2) is 4.67 Å². The third kappa shape index (κ3) is 4.58. The summed E-state index contributed by atoms with van der Waals surface area (Å²) in [6.07, 6.45) is 1.50. The molecule has 0 aliphatic carbocycles. The van der Waals surface area contributed by atoms with Crippen molar-refractivity contribution in [1.82, 2.24) is 29.2 Å². The third-order valence-electron chi connectivity index (χ3n) is 3.14. The number of nitrogens with zero attached hydrogens (tertiary/aromatic N) is 6. The second-order valence-corrected chi connectivity index (χ2v) is 8.40. The molecule has 0 N–H and O–H groups in total. The number of benzene rings is 1. The Morgan fingerprint density at radius 3 is 2.33 bits per heavy atom. The van der Waals surface area contributed by atoms with E-state index in [0.717, 1.165) is 0 Å². The highest BCUT2D eigenvalue weighted by atomic mass is 31.2. The lowest BCUT2D eigenvalue weighted by atomic mass is 10.1. The zero-order valence-electron chi connectivity index (χ0n) is 14.6. The topological polar surface area (TPSA) is 66.7 Å². The molecule has 0 atom stereocenters. The summed E-state index contributed by atoms with van der Waals surface area (Å²) in [4.78, 5) is 19.1. The monoisotopic (exact) mass is 350 g/mol. The molecule has 1 aromatic carbocycles. The Kier molecular flexibility index (Phi) is 6.39.